The van der Waals surface area contributed by atoms with Gasteiger partial charge in [-0.15, -0.1) is 0 Å². The van der Waals surface area contributed by atoms with E-state index in [0.717, 1.165) is 16.1 Å². The van der Waals surface area contributed by atoms with Crippen molar-refractivity contribution in [2.75, 3.05) is 14.1 Å². The van der Waals surface area contributed by atoms with E-state index in [1.165, 1.54) is 0 Å². The molecule has 1 aliphatic rings. The van der Waals surface area contributed by atoms with Gasteiger partial charge in [-0.25, -0.2) is 4.98 Å². The first-order valence-corrected chi connectivity index (χ1v) is 5.77. The smallest absolute Gasteiger partial charge is 0.186 e. The first-order valence-electron chi connectivity index (χ1n) is 5.36. The summed E-state index contributed by atoms with van der Waals surface area (Å²) in [5, 5.41) is 2.69. The van der Waals surface area contributed by atoms with Gasteiger partial charge in [0.2, 0.25) is 0 Å². The number of aromatic nitrogens is 2. The van der Waals surface area contributed by atoms with E-state index >= 15 is 0 Å². The van der Waals surface area contributed by atoms with E-state index in [2.05, 4.69) is 21.0 Å². The van der Waals surface area contributed by atoms with Crippen LogP contribution in [0.5, 0.6) is 0 Å². The lowest BCUT2D eigenvalue weighted by atomic mass is 10.3. The second-order valence-corrected chi connectivity index (χ2v) is 4.51. The van der Waals surface area contributed by atoms with Crippen LogP contribution in [0.15, 0.2) is 30.6 Å². The van der Waals surface area contributed by atoms with Gasteiger partial charge >= 0.3 is 0 Å². The Hall–Kier alpha value is -1.66. The molecule has 0 aliphatic carbocycles. The van der Waals surface area contributed by atoms with Crippen LogP contribution in [0.4, 0.5) is 0 Å². The Labute approximate surface area is 105 Å². The van der Waals surface area contributed by atoms with Crippen LogP contribution >= 0.6 is 12.2 Å². The van der Waals surface area contributed by atoms with Crippen molar-refractivity contribution in [3.63, 3.8) is 0 Å². The number of para-hydroxylation sites is 2. The van der Waals surface area contributed by atoms with Gasteiger partial charge in [0.05, 0.1) is 17.4 Å². The average molecular weight is 247 g/mol. The Bertz CT molecular complexity index is 578. The third-order valence-electron chi connectivity index (χ3n) is 3.02. The normalized spacial score (nSPS) is 21.2. The molecule has 5 nitrogen and oxygen atoms in total. The van der Waals surface area contributed by atoms with Crippen LogP contribution in [0.2, 0.25) is 0 Å². The van der Waals surface area contributed by atoms with Gasteiger partial charge in [0.1, 0.15) is 0 Å². The maximum Gasteiger partial charge on any atom is 0.186 e. The lowest BCUT2D eigenvalue weighted by Crippen LogP contribution is -2.33. The molecule has 6 heteroatoms. The van der Waals surface area contributed by atoms with Crippen molar-refractivity contribution in [3.8, 4) is 0 Å². The molecular formula is C11H13N5S. The number of fused-ring (bicyclic) bond motifs is 1. The number of hydrogen-bond acceptors (Lipinski definition) is 3. The van der Waals surface area contributed by atoms with Gasteiger partial charge < -0.3 is 4.90 Å². The summed E-state index contributed by atoms with van der Waals surface area (Å²) < 4.78 is 2.10. The zero-order valence-corrected chi connectivity index (χ0v) is 10.5. The van der Waals surface area contributed by atoms with E-state index in [0.29, 0.717) is 0 Å². The molecule has 1 saturated heterocycles. The summed E-state index contributed by atoms with van der Waals surface area (Å²) in [5.41, 5.74) is 5.20. The number of rotatable bonds is 1. The maximum absolute atomic E-state index is 5.23. The first kappa shape index (κ1) is 10.5. The highest BCUT2D eigenvalue weighted by molar-refractivity contribution is 7.80. The topological polar surface area (TPSA) is 36.3 Å². The fourth-order valence-corrected chi connectivity index (χ4v) is 2.43. The molecule has 1 atom stereocenters. The third-order valence-corrected chi connectivity index (χ3v) is 3.39. The number of nitrogens with one attached hydrogen (secondary N) is 1. The Morgan fingerprint density at radius 1 is 1.29 bits per heavy atom. The fourth-order valence-electron chi connectivity index (χ4n) is 2.19. The summed E-state index contributed by atoms with van der Waals surface area (Å²) in [4.78, 5) is 6.40. The molecule has 1 unspecified atom stereocenters. The van der Waals surface area contributed by atoms with Crippen molar-refractivity contribution in [2.45, 2.75) is 6.29 Å². The molecule has 0 radical (unpaired) electrons. The fraction of sp³-hybridized carbons (Fsp3) is 0.273. The SMILES string of the molecule is CN1NC(=S)N(C)C1n1cnc2ccccc21. The van der Waals surface area contributed by atoms with Crippen LogP contribution in [0.1, 0.15) is 6.29 Å². The molecule has 3 rings (SSSR count). The predicted molar refractivity (Wildman–Crippen MR) is 70.0 cm³/mol. The molecule has 0 bridgehead atoms. The van der Waals surface area contributed by atoms with Gasteiger partial charge in [0.25, 0.3) is 0 Å². The van der Waals surface area contributed by atoms with E-state index in [9.17, 15) is 0 Å². The minimum atomic E-state index is 0.0231. The summed E-state index contributed by atoms with van der Waals surface area (Å²) in [6.07, 6.45) is 1.87. The molecule has 1 N–H and O–H groups in total. The number of hydrazine groups is 1. The number of nitrogens with zero attached hydrogens (tertiary/aromatic N) is 4. The van der Waals surface area contributed by atoms with E-state index in [1.54, 1.807) is 0 Å². The number of thiocarbonyl (C=S) groups is 1. The lowest BCUT2D eigenvalue weighted by Gasteiger charge is -2.25. The minimum absolute atomic E-state index is 0.0231. The van der Waals surface area contributed by atoms with Crippen molar-refractivity contribution in [3.05, 3.63) is 30.6 Å². The summed E-state index contributed by atoms with van der Waals surface area (Å²) >= 11 is 5.23. The molecular weight excluding hydrogens is 234 g/mol. The number of benzene rings is 1. The van der Waals surface area contributed by atoms with Gasteiger partial charge in [0, 0.05) is 14.1 Å². The Kier molecular flexibility index (Phi) is 2.27. The van der Waals surface area contributed by atoms with E-state index in [1.807, 2.05) is 48.5 Å². The highest BCUT2D eigenvalue weighted by Gasteiger charge is 2.31. The monoisotopic (exact) mass is 247 g/mol. The van der Waals surface area contributed by atoms with Crippen molar-refractivity contribution in [2.24, 2.45) is 0 Å². The first-order chi connectivity index (χ1) is 8.18. The van der Waals surface area contributed by atoms with Crippen LogP contribution in [0.25, 0.3) is 11.0 Å². The highest BCUT2D eigenvalue weighted by atomic mass is 32.1. The second-order valence-electron chi connectivity index (χ2n) is 4.13. The minimum Gasteiger partial charge on any atom is -0.316 e. The second kappa shape index (κ2) is 3.68. The summed E-state index contributed by atoms with van der Waals surface area (Å²) in [7, 11) is 3.94. The van der Waals surface area contributed by atoms with Crippen LogP contribution in [0.3, 0.4) is 0 Å². The van der Waals surface area contributed by atoms with Gasteiger partial charge in [-0.05, 0) is 24.4 Å². The molecule has 1 aromatic carbocycles. The molecule has 88 valence electrons. The molecule has 2 aromatic rings. The molecule has 0 amide bonds. The number of imidazole rings is 1. The van der Waals surface area contributed by atoms with Gasteiger partial charge in [-0.2, -0.15) is 5.01 Å². The summed E-state index contributed by atoms with van der Waals surface area (Å²) in [6.45, 7) is 0. The van der Waals surface area contributed by atoms with E-state index in [4.69, 9.17) is 12.2 Å². The van der Waals surface area contributed by atoms with Crippen molar-refractivity contribution < 1.29 is 0 Å². The average Bonchev–Trinajstić information content (AvgIpc) is 2.82. The molecule has 17 heavy (non-hydrogen) atoms. The Morgan fingerprint density at radius 2 is 2.06 bits per heavy atom. The van der Waals surface area contributed by atoms with Crippen LogP contribution in [0, 0.1) is 0 Å². The molecule has 0 saturated carbocycles. The van der Waals surface area contributed by atoms with Gasteiger partial charge in [-0.3, -0.25) is 9.99 Å². The van der Waals surface area contributed by atoms with Crippen LogP contribution < -0.4 is 5.43 Å². The van der Waals surface area contributed by atoms with Crippen LogP contribution in [-0.2, 0) is 0 Å². The standard InChI is InChI=1S/C11H13N5S/c1-14-10(17)13-15(2)11(14)16-7-12-8-5-3-4-6-9(8)16/h3-7,11H,1-2H3,(H,13,17). The van der Waals surface area contributed by atoms with Crippen LogP contribution in [-0.4, -0.2) is 38.7 Å². The molecule has 1 fully saturated rings. The summed E-state index contributed by atoms with van der Waals surface area (Å²) in [6, 6.07) is 8.07. The van der Waals surface area contributed by atoms with E-state index < -0.39 is 0 Å². The zero-order chi connectivity index (χ0) is 12.0. The van der Waals surface area contributed by atoms with Crippen molar-refractivity contribution >= 4 is 28.4 Å². The zero-order valence-electron chi connectivity index (χ0n) is 9.66. The van der Waals surface area contributed by atoms with Crippen molar-refractivity contribution in [1.29, 1.82) is 0 Å². The predicted octanol–water partition coefficient (Wildman–Crippen LogP) is 1.16. The molecule has 0 spiro atoms. The van der Waals surface area contributed by atoms with Gasteiger partial charge in [-0.1, -0.05) is 12.1 Å². The number of hydrogen-bond donors (Lipinski definition) is 1. The molecule has 2 heterocycles. The third kappa shape index (κ3) is 1.49. The van der Waals surface area contributed by atoms with Gasteiger partial charge in [0.15, 0.2) is 11.4 Å². The summed E-state index contributed by atoms with van der Waals surface area (Å²) in [5.74, 6) is 0. The van der Waals surface area contributed by atoms with Crippen molar-refractivity contribution in [1.82, 2.24) is 24.9 Å². The maximum atomic E-state index is 5.23. The highest BCUT2D eigenvalue weighted by Crippen LogP contribution is 2.24. The molecule has 1 aliphatic heterocycles. The largest absolute Gasteiger partial charge is 0.316 e. The Morgan fingerprint density at radius 3 is 2.76 bits per heavy atom. The molecule has 1 aromatic heterocycles. The quantitative estimate of drug-likeness (QED) is 0.765. The lowest BCUT2D eigenvalue weighted by molar-refractivity contribution is 0.105. The Balaban J connectivity index is 2.12. The van der Waals surface area contributed by atoms with E-state index in [-0.39, 0.29) is 6.29 Å².